The molecule has 1 aliphatic rings. The molecule has 1 N–H and O–H groups in total. The molecule has 2 heterocycles. The van der Waals surface area contributed by atoms with Crippen molar-refractivity contribution < 1.29 is 4.79 Å². The summed E-state index contributed by atoms with van der Waals surface area (Å²) in [5.74, 6) is 0.0726. The van der Waals surface area contributed by atoms with E-state index in [0.29, 0.717) is 0 Å². The second-order valence-electron chi connectivity index (χ2n) is 6.33. The Morgan fingerprint density at radius 2 is 2.00 bits per heavy atom. The standard InChI is InChI=1S/C19H22ClN3OS/c1-14(18-3-2-12-25-18)21-22-19(24)16-8-10-23(11-9-16)13-15-4-6-17(20)7-5-15/h2-7,12,16H,8-11,13H2,1H3,(H,22,24). The molecule has 0 aliphatic carbocycles. The minimum atomic E-state index is 0.0297. The maximum atomic E-state index is 12.3. The van der Waals surface area contributed by atoms with Crippen molar-refractivity contribution in [3.05, 3.63) is 57.2 Å². The maximum Gasteiger partial charge on any atom is 0.243 e. The van der Waals surface area contributed by atoms with Crippen molar-refractivity contribution in [2.75, 3.05) is 13.1 Å². The van der Waals surface area contributed by atoms with E-state index in [1.807, 2.05) is 36.6 Å². The van der Waals surface area contributed by atoms with E-state index in [0.717, 1.165) is 48.1 Å². The second kappa shape index (κ2) is 8.61. The van der Waals surface area contributed by atoms with Gasteiger partial charge in [0.25, 0.3) is 0 Å². The van der Waals surface area contributed by atoms with Gasteiger partial charge in [-0.1, -0.05) is 29.8 Å². The number of hydrogen-bond acceptors (Lipinski definition) is 4. The number of hydrazone groups is 1. The Labute approximate surface area is 157 Å². The van der Waals surface area contributed by atoms with Crippen LogP contribution in [0.2, 0.25) is 5.02 Å². The summed E-state index contributed by atoms with van der Waals surface area (Å²) in [4.78, 5) is 15.8. The number of halogens is 1. The van der Waals surface area contributed by atoms with Crippen molar-refractivity contribution in [3.8, 4) is 0 Å². The summed E-state index contributed by atoms with van der Waals surface area (Å²) < 4.78 is 0. The Bertz CT molecular complexity index is 720. The minimum absolute atomic E-state index is 0.0297. The van der Waals surface area contributed by atoms with E-state index >= 15 is 0 Å². The first-order valence-corrected chi connectivity index (χ1v) is 9.72. The van der Waals surface area contributed by atoms with Gasteiger partial charge in [-0.25, -0.2) is 5.43 Å². The first-order valence-electron chi connectivity index (χ1n) is 8.46. The Morgan fingerprint density at radius 1 is 1.28 bits per heavy atom. The fraction of sp³-hybridized carbons (Fsp3) is 0.368. The lowest BCUT2D eigenvalue weighted by Crippen LogP contribution is -2.39. The Morgan fingerprint density at radius 3 is 2.64 bits per heavy atom. The van der Waals surface area contributed by atoms with Crippen molar-refractivity contribution in [1.82, 2.24) is 10.3 Å². The first kappa shape index (κ1) is 18.1. The summed E-state index contributed by atoms with van der Waals surface area (Å²) in [6.07, 6.45) is 1.74. The Kier molecular flexibility index (Phi) is 6.24. The first-order chi connectivity index (χ1) is 12.1. The van der Waals surface area contributed by atoms with E-state index in [-0.39, 0.29) is 11.8 Å². The normalized spacial score (nSPS) is 16.8. The summed E-state index contributed by atoms with van der Waals surface area (Å²) in [6, 6.07) is 11.9. The molecule has 0 spiro atoms. The Balaban J connectivity index is 1.46. The van der Waals surface area contributed by atoms with Crippen molar-refractivity contribution in [3.63, 3.8) is 0 Å². The van der Waals surface area contributed by atoms with Gasteiger partial charge in [-0.2, -0.15) is 5.10 Å². The van der Waals surface area contributed by atoms with E-state index in [1.165, 1.54) is 5.56 Å². The van der Waals surface area contributed by atoms with Crippen molar-refractivity contribution in [2.45, 2.75) is 26.3 Å². The van der Waals surface area contributed by atoms with Crippen LogP contribution in [0.5, 0.6) is 0 Å². The van der Waals surface area contributed by atoms with Crippen molar-refractivity contribution >= 4 is 34.6 Å². The molecule has 2 aromatic rings. The van der Waals surface area contributed by atoms with Gasteiger partial charge in [0.2, 0.25) is 5.91 Å². The summed E-state index contributed by atoms with van der Waals surface area (Å²) >= 11 is 7.55. The van der Waals surface area contributed by atoms with Crippen molar-refractivity contribution in [1.29, 1.82) is 0 Å². The third kappa shape index (κ3) is 5.14. The zero-order valence-electron chi connectivity index (χ0n) is 14.2. The van der Waals surface area contributed by atoms with Crippen LogP contribution in [-0.4, -0.2) is 29.6 Å². The number of piperidine rings is 1. The quantitative estimate of drug-likeness (QED) is 0.630. The van der Waals surface area contributed by atoms with Gasteiger partial charge in [0.15, 0.2) is 0 Å². The van der Waals surface area contributed by atoms with Crippen LogP contribution in [0.1, 0.15) is 30.2 Å². The van der Waals surface area contributed by atoms with Crippen LogP contribution in [0.3, 0.4) is 0 Å². The van der Waals surface area contributed by atoms with Crippen LogP contribution in [0.4, 0.5) is 0 Å². The molecule has 0 atom stereocenters. The third-order valence-corrected chi connectivity index (χ3v) is 5.72. The Hall–Kier alpha value is -1.69. The maximum absolute atomic E-state index is 12.3. The number of hydrogen-bond donors (Lipinski definition) is 1. The van der Waals surface area contributed by atoms with Crippen LogP contribution >= 0.6 is 22.9 Å². The predicted molar refractivity (Wildman–Crippen MR) is 104 cm³/mol. The highest BCUT2D eigenvalue weighted by Gasteiger charge is 2.24. The molecule has 132 valence electrons. The van der Waals surface area contributed by atoms with Gasteiger partial charge in [-0.15, -0.1) is 11.3 Å². The molecule has 0 radical (unpaired) electrons. The largest absolute Gasteiger partial charge is 0.299 e. The molecule has 1 aromatic carbocycles. The summed E-state index contributed by atoms with van der Waals surface area (Å²) in [6.45, 7) is 4.67. The summed E-state index contributed by atoms with van der Waals surface area (Å²) in [7, 11) is 0. The molecule has 4 nitrogen and oxygen atoms in total. The van der Waals surface area contributed by atoms with E-state index in [1.54, 1.807) is 11.3 Å². The number of benzene rings is 1. The molecule has 1 amide bonds. The van der Waals surface area contributed by atoms with Gasteiger partial charge in [-0.3, -0.25) is 9.69 Å². The number of rotatable bonds is 5. The van der Waals surface area contributed by atoms with E-state index in [9.17, 15) is 4.79 Å². The van der Waals surface area contributed by atoms with Gasteiger partial charge in [0.05, 0.1) is 5.71 Å². The number of carbonyl (C=O) groups excluding carboxylic acids is 1. The van der Waals surface area contributed by atoms with Crippen LogP contribution in [-0.2, 0) is 11.3 Å². The number of carbonyl (C=O) groups is 1. The molecular formula is C19H22ClN3OS. The highest BCUT2D eigenvalue weighted by Crippen LogP contribution is 2.20. The zero-order valence-corrected chi connectivity index (χ0v) is 15.8. The van der Waals surface area contributed by atoms with Gasteiger partial charge in [0.1, 0.15) is 0 Å². The highest BCUT2D eigenvalue weighted by atomic mass is 35.5. The van der Waals surface area contributed by atoms with E-state index in [4.69, 9.17) is 11.6 Å². The SMILES string of the molecule is CC(=NNC(=O)C1CCN(Cc2ccc(Cl)cc2)CC1)c1cccs1. The predicted octanol–water partition coefficient (Wildman–Crippen LogP) is 4.15. The third-order valence-electron chi connectivity index (χ3n) is 4.49. The number of nitrogens with zero attached hydrogens (tertiary/aromatic N) is 2. The summed E-state index contributed by atoms with van der Waals surface area (Å²) in [5.41, 5.74) is 4.84. The number of thiophene rings is 1. The van der Waals surface area contributed by atoms with Crippen LogP contribution in [0.25, 0.3) is 0 Å². The van der Waals surface area contributed by atoms with Gasteiger partial charge in [0, 0.05) is 22.4 Å². The average Bonchev–Trinajstić information content (AvgIpc) is 3.17. The molecule has 1 fully saturated rings. The number of amides is 1. The van der Waals surface area contributed by atoms with Gasteiger partial charge in [-0.05, 0) is 62.0 Å². The second-order valence-corrected chi connectivity index (χ2v) is 7.71. The molecular weight excluding hydrogens is 354 g/mol. The van der Waals surface area contributed by atoms with Crippen molar-refractivity contribution in [2.24, 2.45) is 11.0 Å². The molecule has 25 heavy (non-hydrogen) atoms. The lowest BCUT2D eigenvalue weighted by molar-refractivity contribution is -0.126. The highest BCUT2D eigenvalue weighted by molar-refractivity contribution is 7.12. The molecule has 3 rings (SSSR count). The van der Waals surface area contributed by atoms with Crippen LogP contribution in [0, 0.1) is 5.92 Å². The minimum Gasteiger partial charge on any atom is -0.299 e. The summed E-state index contributed by atoms with van der Waals surface area (Å²) in [5, 5.41) is 7.01. The number of nitrogens with one attached hydrogen (secondary N) is 1. The van der Waals surface area contributed by atoms with Crippen LogP contribution < -0.4 is 5.43 Å². The van der Waals surface area contributed by atoms with E-state index in [2.05, 4.69) is 27.6 Å². The smallest absolute Gasteiger partial charge is 0.243 e. The fourth-order valence-corrected chi connectivity index (χ4v) is 3.77. The van der Waals surface area contributed by atoms with Gasteiger partial charge >= 0.3 is 0 Å². The van der Waals surface area contributed by atoms with Gasteiger partial charge < -0.3 is 0 Å². The molecule has 0 saturated carbocycles. The van der Waals surface area contributed by atoms with E-state index < -0.39 is 0 Å². The van der Waals surface area contributed by atoms with Crippen LogP contribution in [0.15, 0.2) is 46.9 Å². The average molecular weight is 376 g/mol. The molecule has 1 saturated heterocycles. The lowest BCUT2D eigenvalue weighted by atomic mass is 9.96. The molecule has 0 bridgehead atoms. The molecule has 0 unspecified atom stereocenters. The lowest BCUT2D eigenvalue weighted by Gasteiger charge is -2.30. The fourth-order valence-electron chi connectivity index (χ4n) is 2.97. The zero-order chi connectivity index (χ0) is 17.6. The molecule has 1 aromatic heterocycles. The number of likely N-dealkylation sites (tertiary alicyclic amines) is 1. The molecule has 1 aliphatic heterocycles. The molecule has 6 heteroatoms. The monoisotopic (exact) mass is 375 g/mol. The topological polar surface area (TPSA) is 44.7 Å².